The van der Waals surface area contributed by atoms with Crippen molar-refractivity contribution in [1.29, 1.82) is 0 Å². The average molecular weight is 473 g/mol. The summed E-state index contributed by atoms with van der Waals surface area (Å²) in [5.74, 6) is -8.17. The second kappa shape index (κ2) is 8.58. The molecular weight excluding hydrogens is 453 g/mol. The maximum atomic E-state index is 14.3. The Labute approximate surface area is 185 Å². The number of amides is 2. The Bertz CT molecular complexity index is 1090. The first-order chi connectivity index (χ1) is 15.3. The number of hydrogen-bond acceptors (Lipinski definition) is 5. The van der Waals surface area contributed by atoms with Crippen LogP contribution in [0.2, 0.25) is 0 Å². The van der Waals surface area contributed by atoms with E-state index in [4.69, 9.17) is 15.2 Å². The Balaban J connectivity index is 2.07. The number of aromatic nitrogens is 1. The van der Waals surface area contributed by atoms with E-state index < -0.39 is 58.9 Å². The predicted octanol–water partition coefficient (Wildman–Crippen LogP) is 3.55. The number of primary amides is 1. The van der Waals surface area contributed by atoms with Crippen LogP contribution in [-0.4, -0.2) is 41.8 Å². The highest BCUT2D eigenvalue weighted by Gasteiger charge is 2.65. The summed E-state index contributed by atoms with van der Waals surface area (Å²) in [5, 5.41) is 2.29. The molecule has 1 aliphatic heterocycles. The summed E-state index contributed by atoms with van der Waals surface area (Å²) in [7, 11) is 1.03. The molecule has 1 saturated heterocycles. The van der Waals surface area contributed by atoms with Crippen molar-refractivity contribution in [2.45, 2.75) is 37.6 Å². The number of benzene rings is 1. The summed E-state index contributed by atoms with van der Waals surface area (Å²) in [6, 6.07) is 5.71. The Hall–Kier alpha value is -3.28. The Morgan fingerprint density at radius 1 is 1.21 bits per heavy atom. The van der Waals surface area contributed by atoms with Crippen molar-refractivity contribution in [2.75, 3.05) is 12.4 Å². The maximum Gasteiger partial charge on any atom is 0.417 e. The molecular formula is C21H20F5N3O4. The van der Waals surface area contributed by atoms with Crippen LogP contribution in [0.3, 0.4) is 0 Å². The molecule has 3 N–H and O–H groups in total. The number of carbonyl (C=O) groups excluding carboxylic acids is 2. The van der Waals surface area contributed by atoms with Crippen molar-refractivity contribution in [3.8, 4) is 5.75 Å². The molecule has 1 aromatic carbocycles. The summed E-state index contributed by atoms with van der Waals surface area (Å²) in [5.41, 5.74) is 2.00. The monoisotopic (exact) mass is 473 g/mol. The number of nitrogens with zero attached hydrogens (tertiary/aromatic N) is 1. The van der Waals surface area contributed by atoms with E-state index in [-0.39, 0.29) is 17.1 Å². The largest absolute Gasteiger partial charge is 0.493 e. The molecule has 0 bridgehead atoms. The zero-order chi connectivity index (χ0) is 24.7. The third-order valence-corrected chi connectivity index (χ3v) is 5.82. The number of carbonyl (C=O) groups is 2. The number of nitrogens with one attached hydrogen (secondary N) is 1. The van der Waals surface area contributed by atoms with Crippen molar-refractivity contribution in [3.05, 3.63) is 53.2 Å². The average Bonchev–Trinajstić information content (AvgIpc) is 3.02. The molecule has 178 valence electrons. The first-order valence-corrected chi connectivity index (χ1v) is 9.66. The lowest BCUT2D eigenvalue weighted by atomic mass is 9.77. The first kappa shape index (κ1) is 24.4. The molecule has 1 aliphatic rings. The quantitative estimate of drug-likeness (QED) is 0.647. The molecule has 0 aliphatic carbocycles. The number of pyridine rings is 1. The number of rotatable bonds is 5. The Morgan fingerprint density at radius 2 is 1.88 bits per heavy atom. The number of alkyl halides is 3. The third kappa shape index (κ3) is 4.22. The SMILES string of the molecule is COc1c([C@H]2[C@H](C(=O)Nc3cccc(C(N)=O)n3)O[C@](C)(C(F)(F)F)[C@H]2C)ccc(F)c1F. The second-order valence-electron chi connectivity index (χ2n) is 7.70. The number of methoxy groups -OCH3 is 1. The van der Waals surface area contributed by atoms with Gasteiger partial charge in [-0.15, -0.1) is 0 Å². The van der Waals surface area contributed by atoms with Gasteiger partial charge in [-0.1, -0.05) is 19.1 Å². The van der Waals surface area contributed by atoms with Gasteiger partial charge in [0.25, 0.3) is 11.8 Å². The normalized spacial score (nSPS) is 25.0. The smallest absolute Gasteiger partial charge is 0.417 e. The minimum atomic E-state index is -4.89. The summed E-state index contributed by atoms with van der Waals surface area (Å²) < 4.78 is 80.0. The van der Waals surface area contributed by atoms with Gasteiger partial charge >= 0.3 is 6.18 Å². The molecule has 2 heterocycles. The standard InChI is InChI=1S/C21H20F5N3O4/c1-9-14(10-7-8-11(22)15(23)16(10)32-3)17(33-20(9,2)21(24,25)26)19(31)29-13-6-4-5-12(28-13)18(27)30/h4-9,14,17H,1-3H3,(H2,27,30)(H,28,29,31)/t9-,14-,17+,20-/m0/s1. The van der Waals surface area contributed by atoms with Crippen LogP contribution in [0.15, 0.2) is 30.3 Å². The fraction of sp³-hybridized carbons (Fsp3) is 0.381. The highest BCUT2D eigenvalue weighted by molar-refractivity contribution is 5.96. The molecule has 0 spiro atoms. The number of nitrogens with two attached hydrogens (primary N) is 1. The van der Waals surface area contributed by atoms with Crippen LogP contribution in [0.5, 0.6) is 5.75 Å². The van der Waals surface area contributed by atoms with E-state index in [0.29, 0.717) is 0 Å². The van der Waals surface area contributed by atoms with Crippen LogP contribution in [0.4, 0.5) is 27.8 Å². The predicted molar refractivity (Wildman–Crippen MR) is 106 cm³/mol. The lowest BCUT2D eigenvalue weighted by molar-refractivity contribution is -0.272. The van der Waals surface area contributed by atoms with E-state index >= 15 is 0 Å². The molecule has 3 rings (SSSR count). The van der Waals surface area contributed by atoms with Gasteiger partial charge in [0, 0.05) is 17.4 Å². The van der Waals surface area contributed by atoms with Crippen LogP contribution in [0, 0.1) is 17.6 Å². The van der Waals surface area contributed by atoms with E-state index in [0.717, 1.165) is 26.2 Å². The molecule has 12 heteroatoms. The van der Waals surface area contributed by atoms with E-state index in [9.17, 15) is 31.5 Å². The molecule has 4 atom stereocenters. The second-order valence-corrected chi connectivity index (χ2v) is 7.70. The molecule has 1 aromatic heterocycles. The van der Waals surface area contributed by atoms with Gasteiger partial charge in [0.2, 0.25) is 5.82 Å². The van der Waals surface area contributed by atoms with Crippen molar-refractivity contribution in [2.24, 2.45) is 11.7 Å². The highest BCUT2D eigenvalue weighted by atomic mass is 19.4. The summed E-state index contributed by atoms with van der Waals surface area (Å²) >= 11 is 0. The Kier molecular flexibility index (Phi) is 6.33. The molecule has 0 unspecified atom stereocenters. The maximum absolute atomic E-state index is 14.3. The minimum absolute atomic E-state index is 0.163. The lowest BCUT2D eigenvalue weighted by Crippen LogP contribution is -2.47. The molecule has 7 nitrogen and oxygen atoms in total. The fourth-order valence-electron chi connectivity index (χ4n) is 3.88. The van der Waals surface area contributed by atoms with E-state index in [1.165, 1.54) is 25.1 Å². The third-order valence-electron chi connectivity index (χ3n) is 5.82. The minimum Gasteiger partial charge on any atom is -0.493 e. The van der Waals surface area contributed by atoms with Crippen LogP contribution < -0.4 is 15.8 Å². The van der Waals surface area contributed by atoms with Crippen molar-refractivity contribution >= 4 is 17.6 Å². The van der Waals surface area contributed by atoms with Crippen LogP contribution in [0.1, 0.15) is 35.8 Å². The fourth-order valence-corrected chi connectivity index (χ4v) is 3.88. The van der Waals surface area contributed by atoms with Crippen molar-refractivity contribution in [1.82, 2.24) is 4.98 Å². The van der Waals surface area contributed by atoms with Gasteiger partial charge < -0.3 is 20.5 Å². The van der Waals surface area contributed by atoms with Crippen molar-refractivity contribution < 1.29 is 41.0 Å². The molecule has 33 heavy (non-hydrogen) atoms. The van der Waals surface area contributed by atoms with Gasteiger partial charge in [0.05, 0.1) is 7.11 Å². The molecule has 0 radical (unpaired) electrons. The Morgan fingerprint density at radius 3 is 2.45 bits per heavy atom. The topological polar surface area (TPSA) is 104 Å². The summed E-state index contributed by atoms with van der Waals surface area (Å²) in [6.45, 7) is 1.97. The van der Waals surface area contributed by atoms with Gasteiger partial charge in [-0.3, -0.25) is 9.59 Å². The molecule has 2 aromatic rings. The van der Waals surface area contributed by atoms with Crippen LogP contribution in [0.25, 0.3) is 0 Å². The van der Waals surface area contributed by atoms with E-state index in [1.54, 1.807) is 0 Å². The molecule has 0 saturated carbocycles. The first-order valence-electron chi connectivity index (χ1n) is 9.66. The zero-order valence-electron chi connectivity index (χ0n) is 17.7. The number of halogens is 5. The number of ether oxygens (including phenoxy) is 2. The van der Waals surface area contributed by atoms with Gasteiger partial charge in [0.15, 0.2) is 17.2 Å². The zero-order valence-corrected chi connectivity index (χ0v) is 17.7. The molecule has 1 fully saturated rings. The number of hydrogen-bond donors (Lipinski definition) is 2. The van der Waals surface area contributed by atoms with Gasteiger partial charge in [-0.2, -0.15) is 17.6 Å². The van der Waals surface area contributed by atoms with Crippen LogP contribution in [-0.2, 0) is 9.53 Å². The lowest BCUT2D eigenvalue weighted by Gasteiger charge is -2.32. The molecule has 2 amide bonds. The van der Waals surface area contributed by atoms with Gasteiger partial charge in [-0.05, 0) is 25.1 Å². The summed E-state index contributed by atoms with van der Waals surface area (Å²) in [4.78, 5) is 28.2. The summed E-state index contributed by atoms with van der Waals surface area (Å²) in [6.07, 6.45) is -6.68. The highest BCUT2D eigenvalue weighted by Crippen LogP contribution is 2.54. The van der Waals surface area contributed by atoms with Gasteiger partial charge in [-0.25, -0.2) is 9.37 Å². The van der Waals surface area contributed by atoms with Gasteiger partial charge in [0.1, 0.15) is 17.6 Å². The van der Waals surface area contributed by atoms with Crippen LogP contribution >= 0.6 is 0 Å². The van der Waals surface area contributed by atoms with Crippen molar-refractivity contribution in [3.63, 3.8) is 0 Å². The number of anilines is 1. The van der Waals surface area contributed by atoms with E-state index in [2.05, 4.69) is 10.3 Å². The van der Waals surface area contributed by atoms with E-state index in [1.807, 2.05) is 0 Å².